The first-order valence-electron chi connectivity index (χ1n) is 10.3. The van der Waals surface area contributed by atoms with Crippen LogP contribution in [-0.4, -0.2) is 48.1 Å². The molecule has 31 heavy (non-hydrogen) atoms. The smallest absolute Gasteiger partial charge is 0.334 e. The van der Waals surface area contributed by atoms with E-state index >= 15 is 0 Å². The number of epoxide rings is 1. The van der Waals surface area contributed by atoms with Gasteiger partial charge >= 0.3 is 5.97 Å². The number of carbonyl (C=O) groups is 2. The number of allylic oxidation sites excluding steroid dienone is 2. The molecule has 4 rings (SSSR count). The number of esters is 1. The van der Waals surface area contributed by atoms with E-state index in [-0.39, 0.29) is 52.4 Å². The molecule has 2 saturated heterocycles. The molecule has 4 atom stereocenters. The van der Waals surface area contributed by atoms with Crippen LogP contribution in [0.2, 0.25) is 0 Å². The van der Waals surface area contributed by atoms with E-state index in [1.54, 1.807) is 12.3 Å². The summed E-state index contributed by atoms with van der Waals surface area (Å²) in [6.07, 6.45) is 6.26. The van der Waals surface area contributed by atoms with Crippen LogP contribution >= 0.6 is 0 Å². The Hall–Kier alpha value is -3.13. The Balaban J connectivity index is 1.58. The van der Waals surface area contributed by atoms with E-state index < -0.39 is 5.91 Å². The molecule has 8 heteroatoms. The first kappa shape index (κ1) is 21.1. The van der Waals surface area contributed by atoms with Crippen molar-refractivity contribution in [1.82, 2.24) is 0 Å². The summed E-state index contributed by atoms with van der Waals surface area (Å²) in [5, 5.41) is 10.4. The van der Waals surface area contributed by atoms with Crippen molar-refractivity contribution in [2.24, 2.45) is 16.6 Å². The van der Waals surface area contributed by atoms with Gasteiger partial charge in [-0.15, -0.1) is 0 Å². The van der Waals surface area contributed by atoms with Gasteiger partial charge in [-0.25, -0.2) is 4.79 Å². The molecule has 1 amide bonds. The number of carbonyl (C=O) groups excluding carboxylic acids is 2. The fourth-order valence-corrected chi connectivity index (χ4v) is 4.43. The average molecular weight is 426 g/mol. The van der Waals surface area contributed by atoms with Crippen molar-refractivity contribution in [2.45, 2.75) is 50.4 Å². The van der Waals surface area contributed by atoms with E-state index in [1.807, 2.05) is 6.92 Å². The second-order valence-corrected chi connectivity index (χ2v) is 8.34. The summed E-state index contributed by atoms with van der Waals surface area (Å²) >= 11 is 0. The molecule has 2 fully saturated rings. The van der Waals surface area contributed by atoms with E-state index in [9.17, 15) is 14.7 Å². The molecule has 1 aromatic rings. The number of hydrogen-bond donors (Lipinski definition) is 2. The van der Waals surface area contributed by atoms with E-state index in [0.29, 0.717) is 18.4 Å². The minimum Gasteiger partial charge on any atom is -0.505 e. The summed E-state index contributed by atoms with van der Waals surface area (Å²) in [5.41, 5.74) is 6.60. The van der Waals surface area contributed by atoms with Crippen molar-refractivity contribution in [3.8, 4) is 11.5 Å². The van der Waals surface area contributed by atoms with Crippen LogP contribution in [0.25, 0.3) is 0 Å². The maximum Gasteiger partial charge on any atom is 0.334 e. The highest BCUT2D eigenvalue weighted by molar-refractivity contribution is 6.00. The molecule has 0 radical (unpaired) electrons. The number of benzene rings is 1. The lowest BCUT2D eigenvalue weighted by molar-refractivity contribution is -0.140. The third-order valence-corrected chi connectivity index (χ3v) is 6.33. The maximum absolute atomic E-state index is 12.1. The highest BCUT2D eigenvalue weighted by Gasteiger charge is 2.61. The van der Waals surface area contributed by atoms with Crippen LogP contribution < -0.4 is 10.5 Å². The van der Waals surface area contributed by atoms with Gasteiger partial charge in [0.15, 0.2) is 5.75 Å². The van der Waals surface area contributed by atoms with Crippen molar-refractivity contribution in [3.63, 3.8) is 0 Å². The molecule has 0 saturated carbocycles. The zero-order valence-electron chi connectivity index (χ0n) is 17.6. The third-order valence-electron chi connectivity index (χ3n) is 6.33. The number of aromatic hydroxyl groups is 1. The van der Waals surface area contributed by atoms with Gasteiger partial charge in [-0.3, -0.25) is 9.79 Å². The zero-order chi connectivity index (χ0) is 22.3. The predicted octanol–water partition coefficient (Wildman–Crippen LogP) is 2.96. The molecule has 1 aromatic carbocycles. The number of hydrogen-bond acceptors (Lipinski definition) is 7. The lowest BCUT2D eigenvalue weighted by atomic mass is 9.84. The highest BCUT2D eigenvalue weighted by Crippen LogP contribution is 2.49. The number of phenols is 1. The van der Waals surface area contributed by atoms with Crippen LogP contribution in [0, 0.1) is 5.92 Å². The summed E-state index contributed by atoms with van der Waals surface area (Å²) in [5.74, 6) is -1.40. The number of ether oxygens (including phenoxy) is 3. The van der Waals surface area contributed by atoms with E-state index in [4.69, 9.17) is 19.9 Å². The van der Waals surface area contributed by atoms with Gasteiger partial charge in [0.2, 0.25) is 0 Å². The van der Waals surface area contributed by atoms with Gasteiger partial charge in [0, 0.05) is 17.7 Å². The van der Waals surface area contributed by atoms with Crippen LogP contribution in [-0.2, 0) is 14.3 Å². The highest BCUT2D eigenvalue weighted by atomic mass is 16.6. The Morgan fingerprint density at radius 2 is 2.23 bits per heavy atom. The summed E-state index contributed by atoms with van der Waals surface area (Å²) in [6.45, 7) is 5.96. The molecule has 0 aromatic heterocycles. The van der Waals surface area contributed by atoms with Crippen LogP contribution in [0.5, 0.6) is 11.5 Å². The minimum absolute atomic E-state index is 0.0900. The molecule has 0 bridgehead atoms. The molecule has 2 heterocycles. The molecular weight excluding hydrogens is 400 g/mol. The number of methoxy groups -OCH3 is 1. The van der Waals surface area contributed by atoms with Gasteiger partial charge in [-0.05, 0) is 50.3 Å². The van der Waals surface area contributed by atoms with Crippen molar-refractivity contribution in [3.05, 3.63) is 41.5 Å². The molecular formula is C23H26N2O6. The van der Waals surface area contributed by atoms with Crippen LogP contribution in [0.1, 0.15) is 43.0 Å². The molecule has 1 aliphatic carbocycles. The lowest BCUT2D eigenvalue weighted by Crippen LogP contribution is -2.28. The van der Waals surface area contributed by atoms with Gasteiger partial charge in [0.1, 0.15) is 29.2 Å². The van der Waals surface area contributed by atoms with Crippen LogP contribution in [0.15, 0.2) is 40.9 Å². The van der Waals surface area contributed by atoms with E-state index in [1.165, 1.54) is 13.2 Å². The number of rotatable bonds is 4. The fourth-order valence-electron chi connectivity index (χ4n) is 4.43. The Bertz CT molecular complexity index is 1010. The predicted molar refractivity (Wildman–Crippen MR) is 114 cm³/mol. The monoisotopic (exact) mass is 426 g/mol. The number of fused-ring (bicyclic) bond motifs is 3. The second-order valence-electron chi connectivity index (χ2n) is 8.34. The Kier molecular flexibility index (Phi) is 5.35. The van der Waals surface area contributed by atoms with Gasteiger partial charge in [-0.1, -0.05) is 12.7 Å². The molecule has 0 spiro atoms. The number of nitrogens with zero attached hydrogens (tertiary/aromatic N) is 1. The molecule has 3 aliphatic rings. The standard InChI is InChI=1S/C23H26N2O6/c1-12-14-7-6-13(5-4-10-23(2)20(31-23)19(14)30-22(12)28)11-25-15-8-9-16(29-3)17(18(15)26)21(24)27/h5,8-9,11,14,19-20,26H,1,4,6-7,10H2,2-3H3,(H2,24,27)/b13-5+,25-11?/t14-,19-,20-,23+/m0/s1. The first-order valence-corrected chi connectivity index (χ1v) is 10.3. The molecule has 3 N–H and O–H groups in total. The largest absolute Gasteiger partial charge is 0.505 e. The minimum atomic E-state index is -0.799. The van der Waals surface area contributed by atoms with Crippen LogP contribution in [0.4, 0.5) is 5.69 Å². The van der Waals surface area contributed by atoms with Crippen molar-refractivity contribution >= 4 is 23.8 Å². The SMILES string of the molecule is C=C1C(=O)O[C@H]2[C@H]1CC/C(C=Nc1ccc(OC)c(C(N)=O)c1O)=C\CC[C@@]1(C)O[C@@H]21. The second kappa shape index (κ2) is 7.85. The molecule has 2 aliphatic heterocycles. The average Bonchev–Trinajstić information content (AvgIpc) is 3.32. The maximum atomic E-state index is 12.1. The number of aliphatic imine (C=N–C) groups is 1. The lowest BCUT2D eigenvalue weighted by Gasteiger charge is -2.19. The van der Waals surface area contributed by atoms with Crippen molar-refractivity contribution in [1.29, 1.82) is 0 Å². The van der Waals surface area contributed by atoms with Crippen molar-refractivity contribution < 1.29 is 28.9 Å². The van der Waals surface area contributed by atoms with E-state index in [2.05, 4.69) is 17.6 Å². The van der Waals surface area contributed by atoms with E-state index in [0.717, 1.165) is 18.4 Å². The number of nitrogens with two attached hydrogens (primary N) is 1. The number of primary amides is 1. The summed E-state index contributed by atoms with van der Waals surface area (Å²) in [7, 11) is 1.39. The van der Waals surface area contributed by atoms with Gasteiger partial charge in [0.05, 0.1) is 12.7 Å². The van der Waals surface area contributed by atoms with Crippen LogP contribution in [0.3, 0.4) is 0 Å². The van der Waals surface area contributed by atoms with Gasteiger partial charge in [-0.2, -0.15) is 0 Å². The summed E-state index contributed by atoms with van der Waals surface area (Å²) in [6, 6.07) is 3.10. The molecule has 0 unspecified atom stereocenters. The quantitative estimate of drug-likeness (QED) is 0.330. The number of amides is 1. The third kappa shape index (κ3) is 3.83. The van der Waals surface area contributed by atoms with Gasteiger partial charge in [0.25, 0.3) is 5.91 Å². The van der Waals surface area contributed by atoms with Gasteiger partial charge < -0.3 is 25.1 Å². The normalized spacial score (nSPS) is 31.9. The molecule has 164 valence electrons. The Labute approximate surface area is 180 Å². The zero-order valence-corrected chi connectivity index (χ0v) is 17.6. The Morgan fingerprint density at radius 3 is 2.94 bits per heavy atom. The Morgan fingerprint density at radius 1 is 1.45 bits per heavy atom. The molecule has 8 nitrogen and oxygen atoms in total. The fraction of sp³-hybridized carbons (Fsp3) is 0.435. The van der Waals surface area contributed by atoms with Crippen molar-refractivity contribution in [2.75, 3.05) is 7.11 Å². The first-order chi connectivity index (χ1) is 14.7. The summed E-state index contributed by atoms with van der Waals surface area (Å²) < 4.78 is 16.6. The topological polar surface area (TPSA) is 124 Å². The summed E-state index contributed by atoms with van der Waals surface area (Å²) in [4.78, 5) is 28.2.